The SMILES string of the molecule is CC(=O)NNC(=O)COC(=O)Cc1ccc(O)cc1. The van der Waals surface area contributed by atoms with E-state index >= 15 is 0 Å². The second-order valence-corrected chi connectivity index (χ2v) is 3.73. The van der Waals surface area contributed by atoms with E-state index in [1.165, 1.54) is 19.1 Å². The molecule has 19 heavy (non-hydrogen) atoms. The number of carbonyl (C=O) groups excluding carboxylic acids is 3. The van der Waals surface area contributed by atoms with Crippen LogP contribution in [0.5, 0.6) is 5.75 Å². The fourth-order valence-corrected chi connectivity index (χ4v) is 1.17. The Hall–Kier alpha value is -2.57. The fraction of sp³-hybridized carbons (Fsp3) is 0.250. The van der Waals surface area contributed by atoms with Gasteiger partial charge in [0.15, 0.2) is 6.61 Å². The van der Waals surface area contributed by atoms with Crippen molar-refractivity contribution >= 4 is 17.8 Å². The van der Waals surface area contributed by atoms with Gasteiger partial charge in [-0.3, -0.25) is 25.2 Å². The number of rotatable bonds is 4. The zero-order valence-electron chi connectivity index (χ0n) is 10.3. The minimum Gasteiger partial charge on any atom is -0.508 e. The monoisotopic (exact) mass is 266 g/mol. The van der Waals surface area contributed by atoms with Gasteiger partial charge in [0.2, 0.25) is 5.91 Å². The maximum atomic E-state index is 11.4. The van der Waals surface area contributed by atoms with Crippen molar-refractivity contribution in [3.63, 3.8) is 0 Å². The summed E-state index contributed by atoms with van der Waals surface area (Å²) in [5.74, 6) is -1.53. The van der Waals surface area contributed by atoms with Crippen LogP contribution < -0.4 is 10.9 Å². The smallest absolute Gasteiger partial charge is 0.310 e. The predicted octanol–water partition coefficient (Wildman–Crippen LogP) is -0.355. The van der Waals surface area contributed by atoms with E-state index in [0.717, 1.165) is 0 Å². The van der Waals surface area contributed by atoms with Gasteiger partial charge in [-0.25, -0.2) is 0 Å². The van der Waals surface area contributed by atoms with Crippen molar-refractivity contribution in [2.24, 2.45) is 0 Å². The molecule has 0 saturated heterocycles. The van der Waals surface area contributed by atoms with E-state index in [0.29, 0.717) is 5.56 Å². The standard InChI is InChI=1S/C12H14N2O5/c1-8(15)13-14-11(17)7-19-12(18)6-9-2-4-10(16)5-3-9/h2-5,16H,6-7H2,1H3,(H,13,15)(H,14,17). The summed E-state index contributed by atoms with van der Waals surface area (Å²) in [4.78, 5) is 33.0. The van der Waals surface area contributed by atoms with Gasteiger partial charge in [-0.05, 0) is 17.7 Å². The predicted molar refractivity (Wildman–Crippen MR) is 64.7 cm³/mol. The number of amides is 2. The third kappa shape index (κ3) is 6.06. The first-order valence-electron chi connectivity index (χ1n) is 5.46. The molecule has 0 aliphatic rings. The topological polar surface area (TPSA) is 105 Å². The molecule has 0 unspecified atom stereocenters. The second-order valence-electron chi connectivity index (χ2n) is 3.73. The first-order valence-corrected chi connectivity index (χ1v) is 5.46. The molecule has 1 aromatic carbocycles. The number of ether oxygens (including phenoxy) is 1. The highest BCUT2D eigenvalue weighted by molar-refractivity contribution is 5.83. The van der Waals surface area contributed by atoms with Crippen LogP contribution in [0.25, 0.3) is 0 Å². The number of phenolic OH excluding ortho intramolecular Hbond substituents is 1. The number of aromatic hydroxyl groups is 1. The maximum Gasteiger partial charge on any atom is 0.310 e. The van der Waals surface area contributed by atoms with E-state index in [1.54, 1.807) is 12.1 Å². The number of hydrogen-bond acceptors (Lipinski definition) is 5. The molecule has 1 aromatic rings. The summed E-state index contributed by atoms with van der Waals surface area (Å²) in [7, 11) is 0. The second kappa shape index (κ2) is 7.00. The molecule has 1 rings (SSSR count). The first kappa shape index (κ1) is 14.5. The van der Waals surface area contributed by atoms with Gasteiger partial charge >= 0.3 is 5.97 Å². The Balaban J connectivity index is 2.29. The van der Waals surface area contributed by atoms with Gasteiger partial charge in [-0.15, -0.1) is 0 Å². The summed E-state index contributed by atoms with van der Waals surface area (Å²) in [6, 6.07) is 6.06. The van der Waals surface area contributed by atoms with E-state index < -0.39 is 24.4 Å². The molecule has 0 aromatic heterocycles. The molecular formula is C12H14N2O5. The van der Waals surface area contributed by atoms with Crippen LogP contribution in [-0.2, 0) is 25.5 Å². The minimum atomic E-state index is -0.630. The Morgan fingerprint density at radius 2 is 1.79 bits per heavy atom. The van der Waals surface area contributed by atoms with Gasteiger partial charge in [0.1, 0.15) is 5.75 Å². The Morgan fingerprint density at radius 3 is 2.37 bits per heavy atom. The third-order valence-corrected chi connectivity index (χ3v) is 2.03. The van der Waals surface area contributed by atoms with Gasteiger partial charge < -0.3 is 9.84 Å². The number of hydrogen-bond donors (Lipinski definition) is 3. The van der Waals surface area contributed by atoms with E-state index in [-0.39, 0.29) is 12.2 Å². The number of carbonyl (C=O) groups is 3. The molecule has 0 spiro atoms. The zero-order chi connectivity index (χ0) is 14.3. The molecule has 0 heterocycles. The van der Waals surface area contributed by atoms with Crippen LogP contribution in [0.4, 0.5) is 0 Å². The Bertz CT molecular complexity index is 470. The van der Waals surface area contributed by atoms with Crippen molar-refractivity contribution in [3.05, 3.63) is 29.8 Å². The summed E-state index contributed by atoms with van der Waals surface area (Å²) in [6.45, 7) is 0.758. The van der Waals surface area contributed by atoms with Crippen LogP contribution in [0.2, 0.25) is 0 Å². The largest absolute Gasteiger partial charge is 0.508 e. The fourth-order valence-electron chi connectivity index (χ4n) is 1.17. The van der Waals surface area contributed by atoms with Crippen LogP contribution in [0, 0.1) is 0 Å². The van der Waals surface area contributed by atoms with Crippen LogP contribution in [-0.4, -0.2) is 29.5 Å². The lowest BCUT2D eigenvalue weighted by Gasteiger charge is -2.06. The zero-order valence-corrected chi connectivity index (χ0v) is 10.3. The molecule has 0 fully saturated rings. The highest BCUT2D eigenvalue weighted by atomic mass is 16.5. The summed E-state index contributed by atoms with van der Waals surface area (Å²) in [6.07, 6.45) is -0.00625. The molecule has 0 bridgehead atoms. The van der Waals surface area contributed by atoms with E-state index in [1.807, 2.05) is 0 Å². The molecular weight excluding hydrogens is 252 g/mol. The lowest BCUT2D eigenvalue weighted by molar-refractivity contribution is -0.148. The first-order chi connectivity index (χ1) is 8.97. The molecule has 0 aliphatic carbocycles. The Labute approximate surface area is 109 Å². The van der Waals surface area contributed by atoms with Crippen molar-refractivity contribution in [3.8, 4) is 5.75 Å². The molecule has 2 amide bonds. The molecule has 0 atom stereocenters. The van der Waals surface area contributed by atoms with Gasteiger partial charge in [0.25, 0.3) is 5.91 Å². The van der Waals surface area contributed by atoms with Crippen LogP contribution in [0.15, 0.2) is 24.3 Å². The van der Waals surface area contributed by atoms with Crippen molar-refractivity contribution in [2.75, 3.05) is 6.61 Å². The number of esters is 1. The lowest BCUT2D eigenvalue weighted by Crippen LogP contribution is -2.42. The maximum absolute atomic E-state index is 11.4. The number of nitrogens with one attached hydrogen (secondary N) is 2. The van der Waals surface area contributed by atoms with Gasteiger partial charge in [-0.1, -0.05) is 12.1 Å². The highest BCUT2D eigenvalue weighted by Crippen LogP contribution is 2.10. The normalized spacial score (nSPS) is 9.53. The van der Waals surface area contributed by atoms with E-state index in [2.05, 4.69) is 10.9 Å². The quantitative estimate of drug-likeness (QED) is 0.510. The molecule has 0 saturated carbocycles. The average Bonchev–Trinajstić information content (AvgIpc) is 2.36. The number of phenols is 1. The molecule has 7 nitrogen and oxygen atoms in total. The third-order valence-electron chi connectivity index (χ3n) is 2.03. The molecule has 7 heteroatoms. The molecule has 3 N–H and O–H groups in total. The van der Waals surface area contributed by atoms with Gasteiger partial charge in [0.05, 0.1) is 6.42 Å². The minimum absolute atomic E-state index is 0.00625. The lowest BCUT2D eigenvalue weighted by atomic mass is 10.1. The number of benzene rings is 1. The number of hydrazine groups is 1. The van der Waals surface area contributed by atoms with Crippen molar-refractivity contribution in [1.29, 1.82) is 0 Å². The van der Waals surface area contributed by atoms with Crippen LogP contribution in [0.1, 0.15) is 12.5 Å². The summed E-state index contributed by atoms with van der Waals surface area (Å²) in [5.41, 5.74) is 4.78. The van der Waals surface area contributed by atoms with Crippen molar-refractivity contribution in [2.45, 2.75) is 13.3 Å². The van der Waals surface area contributed by atoms with E-state index in [4.69, 9.17) is 9.84 Å². The van der Waals surface area contributed by atoms with Crippen LogP contribution >= 0.6 is 0 Å². The highest BCUT2D eigenvalue weighted by Gasteiger charge is 2.08. The van der Waals surface area contributed by atoms with Crippen molar-refractivity contribution in [1.82, 2.24) is 10.9 Å². The average molecular weight is 266 g/mol. The molecule has 102 valence electrons. The molecule has 0 radical (unpaired) electrons. The summed E-state index contributed by atoms with van der Waals surface area (Å²) in [5, 5.41) is 9.07. The van der Waals surface area contributed by atoms with E-state index in [9.17, 15) is 14.4 Å². The van der Waals surface area contributed by atoms with Gasteiger partial charge in [-0.2, -0.15) is 0 Å². The summed E-state index contributed by atoms with van der Waals surface area (Å²) < 4.78 is 4.71. The molecule has 0 aliphatic heterocycles. The van der Waals surface area contributed by atoms with Crippen LogP contribution in [0.3, 0.4) is 0 Å². The van der Waals surface area contributed by atoms with Gasteiger partial charge in [0, 0.05) is 6.92 Å². The Morgan fingerprint density at radius 1 is 1.16 bits per heavy atom. The summed E-state index contributed by atoms with van der Waals surface area (Å²) >= 11 is 0. The van der Waals surface area contributed by atoms with Crippen molar-refractivity contribution < 1.29 is 24.2 Å². The Kier molecular flexibility index (Phi) is 5.34.